The minimum atomic E-state index is -0.523. The van der Waals surface area contributed by atoms with Crippen molar-refractivity contribution in [1.29, 1.82) is 0 Å². The molecule has 0 aromatic heterocycles. The molecule has 2 aromatic carbocycles. The SMILES string of the molecule is Oc1cc(F)cc2c1N=C(Nc1cc(Cl)ccc1Cl)NS2. The van der Waals surface area contributed by atoms with Gasteiger partial charge in [0.2, 0.25) is 5.96 Å². The Hall–Kier alpha value is -1.63. The van der Waals surface area contributed by atoms with E-state index in [0.29, 0.717) is 32.3 Å². The van der Waals surface area contributed by atoms with E-state index in [-0.39, 0.29) is 5.75 Å². The van der Waals surface area contributed by atoms with E-state index in [1.54, 1.807) is 18.2 Å². The third-order valence-corrected chi connectivity index (χ3v) is 4.07. The molecule has 0 fully saturated rings. The number of hydrogen-bond donors (Lipinski definition) is 3. The van der Waals surface area contributed by atoms with Crippen LogP contribution in [0, 0.1) is 5.82 Å². The zero-order chi connectivity index (χ0) is 15.0. The molecular weight excluding hydrogens is 336 g/mol. The Kier molecular flexibility index (Phi) is 3.84. The molecule has 2 aromatic rings. The van der Waals surface area contributed by atoms with E-state index in [1.807, 2.05) is 0 Å². The summed E-state index contributed by atoms with van der Waals surface area (Å²) in [5.41, 5.74) is 0.863. The van der Waals surface area contributed by atoms with E-state index in [0.717, 1.165) is 18.0 Å². The van der Waals surface area contributed by atoms with Crippen molar-refractivity contribution in [3.05, 3.63) is 46.2 Å². The van der Waals surface area contributed by atoms with Gasteiger partial charge in [0.15, 0.2) is 0 Å². The van der Waals surface area contributed by atoms with Crippen LogP contribution in [0.3, 0.4) is 0 Å². The molecular formula is C13H8Cl2FN3OS. The Labute approximate surface area is 134 Å². The molecule has 3 rings (SSSR count). The third-order valence-electron chi connectivity index (χ3n) is 2.68. The topological polar surface area (TPSA) is 56.7 Å². The number of rotatable bonds is 1. The van der Waals surface area contributed by atoms with E-state index in [4.69, 9.17) is 23.2 Å². The first kappa shape index (κ1) is 14.3. The lowest BCUT2D eigenvalue weighted by molar-refractivity contribution is 0.468. The van der Waals surface area contributed by atoms with Crippen LogP contribution in [0.25, 0.3) is 0 Å². The predicted molar refractivity (Wildman–Crippen MR) is 84.2 cm³/mol. The van der Waals surface area contributed by atoms with Crippen molar-refractivity contribution in [3.63, 3.8) is 0 Å². The summed E-state index contributed by atoms with van der Waals surface area (Å²) < 4.78 is 16.1. The highest BCUT2D eigenvalue weighted by Crippen LogP contribution is 2.39. The van der Waals surface area contributed by atoms with Gasteiger partial charge in [0.05, 0.1) is 15.6 Å². The minimum absolute atomic E-state index is 0.226. The van der Waals surface area contributed by atoms with Gasteiger partial charge in [0.25, 0.3) is 0 Å². The number of fused-ring (bicyclic) bond motifs is 1. The van der Waals surface area contributed by atoms with Crippen LogP contribution in [0.15, 0.2) is 40.2 Å². The fraction of sp³-hybridized carbons (Fsp3) is 0. The van der Waals surface area contributed by atoms with Crippen LogP contribution in [-0.2, 0) is 0 Å². The molecule has 0 unspecified atom stereocenters. The van der Waals surface area contributed by atoms with Gasteiger partial charge < -0.3 is 10.4 Å². The van der Waals surface area contributed by atoms with Gasteiger partial charge in [0, 0.05) is 11.1 Å². The summed E-state index contributed by atoms with van der Waals surface area (Å²) in [4.78, 5) is 4.70. The maximum atomic E-state index is 13.2. The first-order valence-electron chi connectivity index (χ1n) is 5.79. The maximum Gasteiger partial charge on any atom is 0.211 e. The van der Waals surface area contributed by atoms with Crippen molar-refractivity contribution in [2.45, 2.75) is 4.90 Å². The van der Waals surface area contributed by atoms with Crippen molar-refractivity contribution in [3.8, 4) is 5.75 Å². The van der Waals surface area contributed by atoms with Crippen LogP contribution in [0.1, 0.15) is 0 Å². The molecule has 0 saturated heterocycles. The molecule has 0 aliphatic carbocycles. The van der Waals surface area contributed by atoms with Crippen molar-refractivity contribution in [2.75, 3.05) is 5.32 Å². The molecule has 0 saturated carbocycles. The predicted octanol–water partition coefficient (Wildman–Crippen LogP) is 4.55. The standard InChI is InChI=1S/C13H8Cl2FN3OS/c14-6-1-2-8(15)9(3-6)17-13-18-12-10(20)4-7(16)5-11(12)21-19-13/h1-5,20H,(H2,17,18,19). The van der Waals surface area contributed by atoms with Crippen molar-refractivity contribution in [1.82, 2.24) is 4.72 Å². The maximum absolute atomic E-state index is 13.2. The van der Waals surface area contributed by atoms with Crippen LogP contribution < -0.4 is 10.0 Å². The highest BCUT2D eigenvalue weighted by atomic mass is 35.5. The normalized spacial score (nSPS) is 13.2. The molecule has 1 aliphatic rings. The molecule has 0 spiro atoms. The van der Waals surface area contributed by atoms with Gasteiger partial charge in [-0.2, -0.15) is 0 Å². The monoisotopic (exact) mass is 343 g/mol. The Morgan fingerprint density at radius 1 is 1.24 bits per heavy atom. The lowest BCUT2D eigenvalue weighted by Crippen LogP contribution is -2.27. The molecule has 3 N–H and O–H groups in total. The number of phenols is 1. The minimum Gasteiger partial charge on any atom is -0.506 e. The van der Waals surface area contributed by atoms with E-state index in [2.05, 4.69) is 15.0 Å². The molecule has 8 heteroatoms. The zero-order valence-electron chi connectivity index (χ0n) is 10.3. The fourth-order valence-electron chi connectivity index (χ4n) is 1.76. The number of phenolic OH excluding ortho intramolecular Hbond substituents is 1. The van der Waals surface area contributed by atoms with Gasteiger partial charge in [-0.25, -0.2) is 9.38 Å². The first-order chi connectivity index (χ1) is 10.0. The van der Waals surface area contributed by atoms with Crippen LogP contribution >= 0.6 is 35.1 Å². The summed E-state index contributed by atoms with van der Waals surface area (Å²) in [6.07, 6.45) is 0. The number of hydrogen-bond acceptors (Lipinski definition) is 5. The Bertz CT molecular complexity index is 754. The molecule has 1 aliphatic heterocycles. The van der Waals surface area contributed by atoms with Crippen LogP contribution in [0.2, 0.25) is 10.0 Å². The second-order valence-electron chi connectivity index (χ2n) is 4.19. The summed E-state index contributed by atoms with van der Waals surface area (Å²) in [6, 6.07) is 7.28. The van der Waals surface area contributed by atoms with Crippen LogP contribution in [0.4, 0.5) is 15.8 Å². The number of benzene rings is 2. The molecule has 0 bridgehead atoms. The Balaban J connectivity index is 1.94. The van der Waals surface area contributed by atoms with E-state index >= 15 is 0 Å². The van der Waals surface area contributed by atoms with E-state index in [9.17, 15) is 9.50 Å². The van der Waals surface area contributed by atoms with E-state index in [1.165, 1.54) is 6.07 Å². The molecule has 0 amide bonds. The highest BCUT2D eigenvalue weighted by molar-refractivity contribution is 7.98. The average molecular weight is 344 g/mol. The molecule has 21 heavy (non-hydrogen) atoms. The second-order valence-corrected chi connectivity index (χ2v) is 5.88. The Morgan fingerprint density at radius 2 is 2.05 bits per heavy atom. The number of nitrogens with zero attached hydrogens (tertiary/aromatic N) is 1. The first-order valence-corrected chi connectivity index (χ1v) is 7.36. The lowest BCUT2D eigenvalue weighted by Gasteiger charge is -2.19. The average Bonchev–Trinajstić information content (AvgIpc) is 2.43. The summed E-state index contributed by atoms with van der Waals surface area (Å²) in [6.45, 7) is 0. The quantitative estimate of drug-likeness (QED) is 0.665. The smallest absolute Gasteiger partial charge is 0.211 e. The molecule has 1 heterocycles. The van der Waals surface area contributed by atoms with Gasteiger partial charge in [-0.1, -0.05) is 23.2 Å². The van der Waals surface area contributed by atoms with Crippen LogP contribution in [0.5, 0.6) is 5.75 Å². The summed E-state index contributed by atoms with van der Waals surface area (Å²) >= 11 is 13.1. The van der Waals surface area contributed by atoms with Gasteiger partial charge in [-0.05, 0) is 36.2 Å². The summed E-state index contributed by atoms with van der Waals surface area (Å²) in [5, 5.41) is 13.7. The van der Waals surface area contributed by atoms with Gasteiger partial charge >= 0.3 is 0 Å². The largest absolute Gasteiger partial charge is 0.506 e. The number of anilines is 1. The lowest BCUT2D eigenvalue weighted by atomic mass is 10.3. The number of nitrogens with one attached hydrogen (secondary N) is 2. The van der Waals surface area contributed by atoms with Crippen molar-refractivity contribution in [2.24, 2.45) is 4.99 Å². The fourth-order valence-corrected chi connectivity index (χ4v) is 2.82. The molecule has 0 radical (unpaired) electrons. The Morgan fingerprint density at radius 3 is 2.86 bits per heavy atom. The van der Waals surface area contributed by atoms with Crippen molar-refractivity contribution >= 4 is 52.5 Å². The van der Waals surface area contributed by atoms with Gasteiger partial charge in [-0.3, -0.25) is 4.72 Å². The molecule has 108 valence electrons. The third kappa shape index (κ3) is 3.02. The zero-order valence-corrected chi connectivity index (χ0v) is 12.7. The number of guanidine groups is 1. The number of aromatic hydroxyl groups is 1. The van der Waals surface area contributed by atoms with Gasteiger partial charge in [0.1, 0.15) is 17.3 Å². The number of halogens is 3. The second kappa shape index (κ2) is 5.63. The molecule has 4 nitrogen and oxygen atoms in total. The van der Waals surface area contributed by atoms with Crippen LogP contribution in [-0.4, -0.2) is 11.1 Å². The van der Waals surface area contributed by atoms with Gasteiger partial charge in [-0.15, -0.1) is 0 Å². The van der Waals surface area contributed by atoms with Crippen molar-refractivity contribution < 1.29 is 9.50 Å². The summed E-state index contributed by atoms with van der Waals surface area (Å²) in [7, 11) is 0. The molecule has 0 atom stereocenters. The summed E-state index contributed by atoms with van der Waals surface area (Å²) in [5.74, 6) is -0.390. The highest BCUT2D eigenvalue weighted by Gasteiger charge is 2.18. The van der Waals surface area contributed by atoms with E-state index < -0.39 is 5.82 Å². The number of aliphatic imine (C=N–C) groups is 1.